The molecule has 0 unspecified atom stereocenters. The Labute approximate surface area is 120 Å². The topological polar surface area (TPSA) is 93.1 Å². The first kappa shape index (κ1) is 14.4. The van der Waals surface area contributed by atoms with Crippen LogP contribution in [0.25, 0.3) is 0 Å². The molecular weight excluding hydrogens is 276 g/mol. The zero-order valence-electron chi connectivity index (χ0n) is 11.1. The Balaban J connectivity index is 2.19. The highest BCUT2D eigenvalue weighted by molar-refractivity contribution is 5.93. The third kappa shape index (κ3) is 3.30. The molecule has 0 saturated heterocycles. The monoisotopic (exact) mass is 288 g/mol. The predicted molar refractivity (Wildman–Crippen MR) is 73.0 cm³/mol. The van der Waals surface area contributed by atoms with Crippen molar-refractivity contribution in [3.05, 3.63) is 53.6 Å². The van der Waals surface area contributed by atoms with Crippen molar-refractivity contribution < 1.29 is 29.3 Å². The van der Waals surface area contributed by atoms with Gasteiger partial charge in [-0.25, -0.2) is 9.59 Å². The Kier molecular flexibility index (Phi) is 4.08. The first-order chi connectivity index (χ1) is 10.0. The average Bonchev–Trinajstić information content (AvgIpc) is 2.49. The molecule has 0 heterocycles. The molecule has 0 aliphatic carbocycles. The SMILES string of the molecule is COc1ccc(C(=O)Oc2ccc(O)c(C(=O)O)c2)cc1. The predicted octanol–water partition coefficient (Wildman–Crippen LogP) is 2.32. The number of esters is 1. The minimum Gasteiger partial charge on any atom is -0.507 e. The van der Waals surface area contributed by atoms with E-state index < -0.39 is 17.7 Å². The standard InChI is InChI=1S/C15H12O6/c1-20-10-4-2-9(3-5-10)15(19)21-11-6-7-13(16)12(8-11)14(17)18/h2-8,16H,1H3,(H,17,18). The van der Waals surface area contributed by atoms with Gasteiger partial charge in [0.05, 0.1) is 12.7 Å². The fourth-order valence-electron chi connectivity index (χ4n) is 1.64. The van der Waals surface area contributed by atoms with Gasteiger partial charge < -0.3 is 19.7 Å². The van der Waals surface area contributed by atoms with Gasteiger partial charge >= 0.3 is 11.9 Å². The van der Waals surface area contributed by atoms with Crippen molar-refractivity contribution in [3.8, 4) is 17.2 Å². The molecule has 0 aliphatic rings. The van der Waals surface area contributed by atoms with Crippen LogP contribution in [0.1, 0.15) is 20.7 Å². The first-order valence-electron chi connectivity index (χ1n) is 5.94. The second-order valence-electron chi connectivity index (χ2n) is 4.10. The number of aromatic hydroxyl groups is 1. The van der Waals surface area contributed by atoms with Crippen LogP contribution in [0.15, 0.2) is 42.5 Å². The van der Waals surface area contributed by atoms with E-state index in [-0.39, 0.29) is 11.3 Å². The number of carboxylic acids is 1. The Hall–Kier alpha value is -3.02. The fourth-order valence-corrected chi connectivity index (χ4v) is 1.64. The lowest BCUT2D eigenvalue weighted by molar-refractivity contribution is 0.0684. The molecule has 0 spiro atoms. The number of methoxy groups -OCH3 is 1. The van der Waals surface area contributed by atoms with Crippen molar-refractivity contribution in [1.82, 2.24) is 0 Å². The first-order valence-corrected chi connectivity index (χ1v) is 5.94. The molecule has 2 aromatic rings. The average molecular weight is 288 g/mol. The summed E-state index contributed by atoms with van der Waals surface area (Å²) in [5.74, 6) is -1.71. The molecule has 0 aromatic heterocycles. The molecule has 0 saturated carbocycles. The van der Waals surface area contributed by atoms with Crippen LogP contribution in [0, 0.1) is 0 Å². The van der Waals surface area contributed by atoms with Gasteiger partial charge in [0.25, 0.3) is 0 Å². The minimum absolute atomic E-state index is 0.0334. The van der Waals surface area contributed by atoms with E-state index in [9.17, 15) is 14.7 Å². The van der Waals surface area contributed by atoms with Gasteiger partial charge in [0.2, 0.25) is 0 Å². The van der Waals surface area contributed by atoms with Crippen molar-refractivity contribution >= 4 is 11.9 Å². The molecule has 108 valence electrons. The number of ether oxygens (including phenoxy) is 2. The molecule has 2 rings (SSSR count). The van der Waals surface area contributed by atoms with Gasteiger partial charge in [0.1, 0.15) is 22.8 Å². The maximum atomic E-state index is 11.9. The summed E-state index contributed by atoms with van der Waals surface area (Å²) < 4.78 is 10.0. The van der Waals surface area contributed by atoms with Crippen LogP contribution in [0.2, 0.25) is 0 Å². The van der Waals surface area contributed by atoms with Crippen LogP contribution in [-0.2, 0) is 0 Å². The second kappa shape index (κ2) is 5.96. The Morgan fingerprint density at radius 1 is 1.00 bits per heavy atom. The van der Waals surface area contributed by atoms with Crippen molar-refractivity contribution in [2.45, 2.75) is 0 Å². The van der Waals surface area contributed by atoms with Crippen LogP contribution in [-0.4, -0.2) is 29.3 Å². The van der Waals surface area contributed by atoms with E-state index >= 15 is 0 Å². The summed E-state index contributed by atoms with van der Waals surface area (Å²) in [6.07, 6.45) is 0. The van der Waals surface area contributed by atoms with Gasteiger partial charge in [0.15, 0.2) is 0 Å². The summed E-state index contributed by atoms with van der Waals surface area (Å²) >= 11 is 0. The minimum atomic E-state index is -1.31. The van der Waals surface area contributed by atoms with Crippen molar-refractivity contribution in [2.24, 2.45) is 0 Å². The lowest BCUT2D eigenvalue weighted by atomic mass is 10.2. The molecule has 6 nitrogen and oxygen atoms in total. The third-order valence-corrected chi connectivity index (χ3v) is 2.73. The van der Waals surface area contributed by atoms with Gasteiger partial charge in [-0.3, -0.25) is 0 Å². The van der Waals surface area contributed by atoms with E-state index in [0.717, 1.165) is 12.1 Å². The van der Waals surface area contributed by atoms with Crippen LogP contribution in [0.3, 0.4) is 0 Å². The third-order valence-electron chi connectivity index (χ3n) is 2.73. The number of hydrogen-bond acceptors (Lipinski definition) is 5. The van der Waals surface area contributed by atoms with Crippen LogP contribution >= 0.6 is 0 Å². The van der Waals surface area contributed by atoms with E-state index in [1.54, 1.807) is 12.1 Å². The van der Waals surface area contributed by atoms with Crippen molar-refractivity contribution in [3.63, 3.8) is 0 Å². The molecule has 0 aliphatic heterocycles. The molecule has 6 heteroatoms. The smallest absolute Gasteiger partial charge is 0.343 e. The summed E-state index contributed by atoms with van der Waals surface area (Å²) in [4.78, 5) is 22.8. The van der Waals surface area contributed by atoms with Crippen LogP contribution in [0.4, 0.5) is 0 Å². The van der Waals surface area contributed by atoms with Crippen LogP contribution < -0.4 is 9.47 Å². The number of hydrogen-bond donors (Lipinski definition) is 2. The lowest BCUT2D eigenvalue weighted by Crippen LogP contribution is -2.09. The van der Waals surface area contributed by atoms with Gasteiger partial charge in [-0.05, 0) is 42.5 Å². The van der Waals surface area contributed by atoms with Gasteiger partial charge in [-0.1, -0.05) is 0 Å². The maximum absolute atomic E-state index is 11.9. The lowest BCUT2D eigenvalue weighted by Gasteiger charge is -2.07. The Morgan fingerprint density at radius 3 is 2.19 bits per heavy atom. The highest BCUT2D eigenvalue weighted by Crippen LogP contribution is 2.24. The van der Waals surface area contributed by atoms with E-state index in [2.05, 4.69) is 0 Å². The quantitative estimate of drug-likeness (QED) is 0.662. The summed E-state index contributed by atoms with van der Waals surface area (Å²) in [5.41, 5.74) is -0.0456. The molecular formula is C15H12O6. The summed E-state index contributed by atoms with van der Waals surface area (Å²) in [6, 6.07) is 9.81. The molecule has 0 radical (unpaired) electrons. The van der Waals surface area contributed by atoms with Crippen molar-refractivity contribution in [1.29, 1.82) is 0 Å². The number of aromatic carboxylic acids is 1. The van der Waals surface area contributed by atoms with E-state index in [1.165, 1.54) is 25.3 Å². The summed E-state index contributed by atoms with van der Waals surface area (Å²) in [7, 11) is 1.51. The molecule has 0 amide bonds. The highest BCUT2D eigenvalue weighted by Gasteiger charge is 2.14. The zero-order valence-corrected chi connectivity index (χ0v) is 11.1. The number of carboxylic acid groups (broad SMARTS) is 1. The number of benzene rings is 2. The molecule has 0 bridgehead atoms. The van der Waals surface area contributed by atoms with Gasteiger partial charge in [-0.2, -0.15) is 0 Å². The normalized spacial score (nSPS) is 9.95. The van der Waals surface area contributed by atoms with Gasteiger partial charge in [-0.15, -0.1) is 0 Å². The van der Waals surface area contributed by atoms with E-state index in [1.807, 2.05) is 0 Å². The zero-order chi connectivity index (χ0) is 15.4. The molecule has 0 fully saturated rings. The molecule has 2 N–H and O–H groups in total. The number of rotatable bonds is 4. The van der Waals surface area contributed by atoms with Gasteiger partial charge in [0, 0.05) is 0 Å². The number of carbonyl (C=O) groups is 2. The number of phenols is 1. The van der Waals surface area contributed by atoms with Crippen molar-refractivity contribution in [2.75, 3.05) is 7.11 Å². The Morgan fingerprint density at radius 2 is 1.62 bits per heavy atom. The highest BCUT2D eigenvalue weighted by atomic mass is 16.5. The maximum Gasteiger partial charge on any atom is 0.343 e. The summed E-state index contributed by atoms with van der Waals surface area (Å²) in [5, 5.41) is 18.3. The fraction of sp³-hybridized carbons (Fsp3) is 0.0667. The van der Waals surface area contributed by atoms with E-state index in [0.29, 0.717) is 11.3 Å². The molecule has 2 aromatic carbocycles. The second-order valence-corrected chi connectivity index (χ2v) is 4.10. The number of carbonyl (C=O) groups excluding carboxylic acids is 1. The van der Waals surface area contributed by atoms with Crippen LogP contribution in [0.5, 0.6) is 17.2 Å². The summed E-state index contributed by atoms with van der Waals surface area (Å²) in [6.45, 7) is 0. The molecule has 0 atom stereocenters. The largest absolute Gasteiger partial charge is 0.507 e. The van der Waals surface area contributed by atoms with E-state index in [4.69, 9.17) is 14.6 Å². The Bertz CT molecular complexity index is 675. The molecule has 21 heavy (non-hydrogen) atoms.